The maximum absolute atomic E-state index is 11.8. The zero-order valence-corrected chi connectivity index (χ0v) is 19.8. The molecule has 5 atom stereocenters. The molecule has 0 bridgehead atoms. The normalized spacial score (nSPS) is 28.4. The maximum atomic E-state index is 11.8. The number of rotatable bonds is 4. The van der Waals surface area contributed by atoms with Gasteiger partial charge in [0.15, 0.2) is 0 Å². The van der Waals surface area contributed by atoms with Gasteiger partial charge in [0.25, 0.3) is 0 Å². The van der Waals surface area contributed by atoms with Crippen LogP contribution in [0.4, 0.5) is 11.4 Å². The van der Waals surface area contributed by atoms with Crippen LogP contribution in [0.3, 0.4) is 0 Å². The van der Waals surface area contributed by atoms with Crippen molar-refractivity contribution in [2.45, 2.75) is 82.5 Å². The lowest BCUT2D eigenvalue weighted by atomic mass is 9.84. The van der Waals surface area contributed by atoms with Crippen LogP contribution in [0.25, 0.3) is 0 Å². The quantitative estimate of drug-likeness (QED) is 0.622. The first-order valence-electron chi connectivity index (χ1n) is 12.9. The summed E-state index contributed by atoms with van der Waals surface area (Å²) in [5.74, 6) is -0.0743. The predicted octanol–water partition coefficient (Wildman–Crippen LogP) is 4.48. The Morgan fingerprint density at radius 2 is 2.03 bits per heavy atom. The van der Waals surface area contributed by atoms with Crippen molar-refractivity contribution in [3.05, 3.63) is 52.6 Å². The van der Waals surface area contributed by atoms with E-state index in [2.05, 4.69) is 35.3 Å². The van der Waals surface area contributed by atoms with Crippen molar-refractivity contribution in [1.82, 2.24) is 0 Å². The molecule has 6 rings (SSSR count). The van der Waals surface area contributed by atoms with E-state index < -0.39 is 12.1 Å². The molecule has 0 amide bonds. The highest BCUT2D eigenvalue weighted by Gasteiger charge is 2.43. The molecule has 34 heavy (non-hydrogen) atoms. The number of benzene rings is 2. The molecular weight excluding hydrogens is 428 g/mol. The number of hydrogen-bond donors (Lipinski definition) is 3. The number of hydrogen-bond acceptors (Lipinski definition) is 5. The van der Waals surface area contributed by atoms with Crippen molar-refractivity contribution in [3.8, 4) is 5.75 Å². The zero-order chi connectivity index (χ0) is 23.4. The molecule has 6 heteroatoms. The largest absolute Gasteiger partial charge is 0.493 e. The van der Waals surface area contributed by atoms with Gasteiger partial charge in [-0.25, -0.2) is 0 Å². The Bertz CT molecular complexity index is 1120. The summed E-state index contributed by atoms with van der Waals surface area (Å²) in [5.41, 5.74) is 7.22. The van der Waals surface area contributed by atoms with Crippen LogP contribution in [0.15, 0.2) is 30.3 Å². The van der Waals surface area contributed by atoms with Crippen LogP contribution in [0, 0.1) is 5.92 Å². The molecule has 3 aliphatic heterocycles. The van der Waals surface area contributed by atoms with Gasteiger partial charge in [0.1, 0.15) is 5.75 Å². The number of nitrogens with zero attached hydrogens (tertiary/aromatic N) is 1. The molecule has 1 fully saturated rings. The van der Waals surface area contributed by atoms with Crippen LogP contribution in [0.5, 0.6) is 5.75 Å². The highest BCUT2D eigenvalue weighted by molar-refractivity contribution is 5.73. The van der Waals surface area contributed by atoms with Gasteiger partial charge < -0.3 is 25.2 Å². The molecule has 1 saturated carbocycles. The van der Waals surface area contributed by atoms with Gasteiger partial charge in [-0.05, 0) is 92.0 Å². The summed E-state index contributed by atoms with van der Waals surface area (Å²) in [5, 5.41) is 25.1. The summed E-state index contributed by atoms with van der Waals surface area (Å²) >= 11 is 0. The number of carbonyl (C=O) groups is 1. The van der Waals surface area contributed by atoms with E-state index in [1.165, 1.54) is 22.5 Å². The lowest BCUT2D eigenvalue weighted by Gasteiger charge is -2.41. The van der Waals surface area contributed by atoms with Gasteiger partial charge in [-0.1, -0.05) is 12.5 Å². The summed E-state index contributed by atoms with van der Waals surface area (Å²) in [4.78, 5) is 14.2. The second kappa shape index (κ2) is 8.49. The van der Waals surface area contributed by atoms with Gasteiger partial charge >= 0.3 is 5.97 Å². The molecular formula is C28H34N2O4. The van der Waals surface area contributed by atoms with E-state index in [0.29, 0.717) is 19.1 Å². The molecule has 4 aliphatic rings. The molecule has 3 heterocycles. The fourth-order valence-electron chi connectivity index (χ4n) is 6.74. The van der Waals surface area contributed by atoms with Gasteiger partial charge in [-0.2, -0.15) is 0 Å². The molecule has 6 nitrogen and oxygen atoms in total. The van der Waals surface area contributed by atoms with Crippen LogP contribution in [-0.4, -0.2) is 40.9 Å². The van der Waals surface area contributed by atoms with Gasteiger partial charge in [-0.3, -0.25) is 4.79 Å². The third-order valence-corrected chi connectivity index (χ3v) is 8.49. The molecule has 0 aromatic heterocycles. The zero-order valence-electron chi connectivity index (χ0n) is 19.8. The SMILES string of the molecule is CC1CCc2c(ccc3c2CC(C(O)c2ccc4c(c2)CCO4)N3C2CCCC(C(=O)O)C2)N1. The van der Waals surface area contributed by atoms with Gasteiger partial charge in [0.2, 0.25) is 0 Å². The summed E-state index contributed by atoms with van der Waals surface area (Å²) < 4.78 is 5.68. The van der Waals surface area contributed by atoms with E-state index in [1.54, 1.807) is 0 Å². The minimum Gasteiger partial charge on any atom is -0.493 e. The third kappa shape index (κ3) is 3.63. The monoisotopic (exact) mass is 462 g/mol. The highest BCUT2D eigenvalue weighted by atomic mass is 16.5. The predicted molar refractivity (Wildman–Crippen MR) is 132 cm³/mol. The number of aliphatic carboxylic acids is 1. The van der Waals surface area contributed by atoms with Crippen LogP contribution in [0.2, 0.25) is 0 Å². The summed E-state index contributed by atoms with van der Waals surface area (Å²) in [6, 6.07) is 11.0. The molecule has 0 spiro atoms. The number of anilines is 2. The first-order chi connectivity index (χ1) is 16.5. The molecule has 0 saturated heterocycles. The van der Waals surface area contributed by atoms with Crippen molar-refractivity contribution < 1.29 is 19.7 Å². The van der Waals surface area contributed by atoms with E-state index in [9.17, 15) is 15.0 Å². The molecule has 2 aromatic rings. The van der Waals surface area contributed by atoms with Crippen molar-refractivity contribution in [1.29, 1.82) is 0 Å². The molecule has 180 valence electrons. The second-order valence-corrected chi connectivity index (χ2v) is 10.6. The van der Waals surface area contributed by atoms with Gasteiger partial charge in [0, 0.05) is 29.9 Å². The minimum absolute atomic E-state index is 0.0984. The lowest BCUT2D eigenvalue weighted by Crippen LogP contribution is -2.47. The Balaban J connectivity index is 1.38. The number of nitrogens with one attached hydrogen (secondary N) is 1. The van der Waals surface area contributed by atoms with Crippen LogP contribution < -0.4 is 15.0 Å². The summed E-state index contributed by atoms with van der Waals surface area (Å²) in [6.07, 6.45) is 6.44. The topological polar surface area (TPSA) is 82.0 Å². The number of aliphatic hydroxyl groups excluding tert-OH is 1. The minimum atomic E-state index is -0.691. The van der Waals surface area contributed by atoms with Crippen LogP contribution in [0.1, 0.15) is 67.4 Å². The molecule has 5 unspecified atom stereocenters. The Kier molecular flexibility index (Phi) is 5.44. The maximum Gasteiger partial charge on any atom is 0.306 e. The molecule has 0 radical (unpaired) electrons. The van der Waals surface area contributed by atoms with Crippen molar-refractivity contribution in [2.75, 3.05) is 16.8 Å². The molecule has 2 aromatic carbocycles. The van der Waals surface area contributed by atoms with Gasteiger partial charge in [0.05, 0.1) is 24.7 Å². The number of ether oxygens (including phenoxy) is 1. The average Bonchev–Trinajstić information content (AvgIpc) is 3.47. The average molecular weight is 463 g/mol. The fourth-order valence-corrected chi connectivity index (χ4v) is 6.74. The van der Waals surface area contributed by atoms with E-state index in [0.717, 1.165) is 61.8 Å². The highest BCUT2D eigenvalue weighted by Crippen LogP contribution is 2.47. The van der Waals surface area contributed by atoms with Crippen LogP contribution >= 0.6 is 0 Å². The number of carboxylic acid groups (broad SMARTS) is 1. The standard InChI is InChI=1S/C28H34N2O4/c1-16-5-7-21-22-15-25(27(31)18-6-10-26-17(13-18)11-12-34-26)30(24(22)9-8-23(21)29-16)20-4-2-3-19(14-20)28(32)33/h6,8-10,13,16,19-20,25,27,29,31H,2-5,7,11-12,14-15H2,1H3,(H,32,33). The van der Waals surface area contributed by atoms with Gasteiger partial charge in [-0.15, -0.1) is 0 Å². The van der Waals surface area contributed by atoms with E-state index in [-0.39, 0.29) is 18.0 Å². The van der Waals surface area contributed by atoms with Crippen molar-refractivity contribution in [3.63, 3.8) is 0 Å². The first-order valence-corrected chi connectivity index (χ1v) is 12.9. The number of aliphatic hydroxyl groups is 1. The summed E-state index contributed by atoms with van der Waals surface area (Å²) in [6.45, 7) is 2.92. The number of fused-ring (bicyclic) bond motifs is 4. The van der Waals surface area contributed by atoms with Crippen LogP contribution in [-0.2, 0) is 24.1 Å². The summed E-state index contributed by atoms with van der Waals surface area (Å²) in [7, 11) is 0. The van der Waals surface area contributed by atoms with Crippen molar-refractivity contribution in [2.24, 2.45) is 5.92 Å². The lowest BCUT2D eigenvalue weighted by molar-refractivity contribution is -0.143. The Hall–Kier alpha value is -2.73. The van der Waals surface area contributed by atoms with E-state index in [1.807, 2.05) is 12.1 Å². The smallest absolute Gasteiger partial charge is 0.306 e. The second-order valence-electron chi connectivity index (χ2n) is 10.6. The van der Waals surface area contributed by atoms with E-state index >= 15 is 0 Å². The Morgan fingerprint density at radius 1 is 1.15 bits per heavy atom. The van der Waals surface area contributed by atoms with E-state index in [4.69, 9.17) is 4.74 Å². The van der Waals surface area contributed by atoms with Crippen molar-refractivity contribution >= 4 is 17.3 Å². The number of carboxylic acids is 1. The Labute approximate surface area is 200 Å². The third-order valence-electron chi connectivity index (χ3n) is 8.49. The Morgan fingerprint density at radius 3 is 2.88 bits per heavy atom. The fraction of sp³-hybridized carbons (Fsp3) is 0.536. The molecule has 1 aliphatic carbocycles. The first kappa shape index (κ1) is 21.8. The molecule has 3 N–H and O–H groups in total.